The Morgan fingerprint density at radius 3 is 2.40 bits per heavy atom. The third-order valence-corrected chi connectivity index (χ3v) is 10.2. The summed E-state index contributed by atoms with van der Waals surface area (Å²) in [6.45, 7) is 12.9. The van der Waals surface area contributed by atoms with Crippen molar-refractivity contribution in [1.29, 1.82) is 0 Å². The van der Waals surface area contributed by atoms with Crippen LogP contribution in [0.3, 0.4) is 0 Å². The number of Topliss-reactive ketones (excluding diaryl/α,β-unsaturated/α-hetero) is 1. The summed E-state index contributed by atoms with van der Waals surface area (Å²) in [5.41, 5.74) is 2.03. The summed E-state index contributed by atoms with van der Waals surface area (Å²) < 4.78 is 5.92. The van der Waals surface area contributed by atoms with Crippen molar-refractivity contribution >= 4 is 11.8 Å². The van der Waals surface area contributed by atoms with Crippen LogP contribution in [0.1, 0.15) is 92.9 Å². The Hall–Kier alpha value is -1.12. The van der Waals surface area contributed by atoms with Crippen molar-refractivity contribution in [2.24, 2.45) is 46.3 Å². The highest BCUT2D eigenvalue weighted by atomic mass is 16.5. The lowest BCUT2D eigenvalue weighted by Gasteiger charge is -2.58. The summed E-state index contributed by atoms with van der Waals surface area (Å²) in [6.07, 6.45) is 11.6. The zero-order valence-electron chi connectivity index (χ0n) is 20.0. The van der Waals surface area contributed by atoms with E-state index in [1.54, 1.807) is 5.57 Å². The molecule has 0 aromatic carbocycles. The fourth-order valence-corrected chi connectivity index (χ4v) is 7.99. The van der Waals surface area contributed by atoms with Crippen molar-refractivity contribution in [2.45, 2.75) is 99.0 Å². The number of hydrogen-bond acceptors (Lipinski definition) is 3. The second-order valence-electron chi connectivity index (χ2n) is 11.9. The molecule has 0 aliphatic heterocycles. The van der Waals surface area contributed by atoms with Gasteiger partial charge in [0.15, 0.2) is 0 Å². The monoisotopic (exact) mass is 414 g/mol. The van der Waals surface area contributed by atoms with Crippen LogP contribution >= 0.6 is 0 Å². The predicted molar refractivity (Wildman–Crippen MR) is 120 cm³/mol. The summed E-state index contributed by atoms with van der Waals surface area (Å²) >= 11 is 0. The third-order valence-electron chi connectivity index (χ3n) is 10.2. The molecule has 0 N–H and O–H groups in total. The minimum absolute atomic E-state index is 0.0410. The maximum atomic E-state index is 12.5. The maximum Gasteiger partial charge on any atom is 0.309 e. The zero-order chi connectivity index (χ0) is 21.8. The van der Waals surface area contributed by atoms with Gasteiger partial charge in [-0.15, -0.1) is 0 Å². The molecule has 3 unspecified atom stereocenters. The van der Waals surface area contributed by atoms with Gasteiger partial charge in [0, 0.05) is 5.92 Å². The van der Waals surface area contributed by atoms with Gasteiger partial charge in [0.2, 0.25) is 0 Å². The molecule has 3 saturated carbocycles. The average Bonchev–Trinajstić information content (AvgIpc) is 3.05. The summed E-state index contributed by atoms with van der Waals surface area (Å²) in [5, 5.41) is 0. The predicted octanol–water partition coefficient (Wildman–Crippen LogP) is 6.36. The van der Waals surface area contributed by atoms with E-state index in [1.165, 1.54) is 25.7 Å². The second kappa shape index (κ2) is 7.78. The van der Waals surface area contributed by atoms with Crippen molar-refractivity contribution in [2.75, 3.05) is 0 Å². The maximum absolute atomic E-state index is 12.5. The van der Waals surface area contributed by atoms with Crippen LogP contribution in [0, 0.1) is 46.3 Å². The number of fused-ring (bicyclic) bond motifs is 5. The van der Waals surface area contributed by atoms with Crippen LogP contribution in [0.25, 0.3) is 0 Å². The summed E-state index contributed by atoms with van der Waals surface area (Å²) in [5.74, 6) is 3.13. The molecule has 3 heteroatoms. The van der Waals surface area contributed by atoms with Gasteiger partial charge in [-0.25, -0.2) is 0 Å². The number of rotatable bonds is 4. The first-order valence-corrected chi connectivity index (χ1v) is 12.5. The van der Waals surface area contributed by atoms with Gasteiger partial charge in [0.25, 0.3) is 0 Å². The van der Waals surface area contributed by atoms with Crippen molar-refractivity contribution in [3.63, 3.8) is 0 Å². The molecule has 4 rings (SSSR count). The Balaban J connectivity index is 1.51. The Bertz CT molecular complexity index is 736. The van der Waals surface area contributed by atoms with Crippen LogP contribution in [0.15, 0.2) is 11.6 Å². The van der Waals surface area contributed by atoms with Crippen molar-refractivity contribution in [3.05, 3.63) is 11.6 Å². The van der Waals surface area contributed by atoms with E-state index in [-0.39, 0.29) is 34.7 Å². The first-order valence-electron chi connectivity index (χ1n) is 12.5. The van der Waals surface area contributed by atoms with Crippen molar-refractivity contribution in [1.82, 2.24) is 0 Å². The van der Waals surface area contributed by atoms with Gasteiger partial charge in [-0.05, 0) is 98.9 Å². The summed E-state index contributed by atoms with van der Waals surface area (Å²) in [4.78, 5) is 24.8. The number of ether oxygens (including phenoxy) is 1. The smallest absolute Gasteiger partial charge is 0.309 e. The first kappa shape index (κ1) is 22.1. The molecule has 4 aliphatic rings. The van der Waals surface area contributed by atoms with E-state index in [9.17, 15) is 9.59 Å². The number of esters is 1. The Kier molecular flexibility index (Phi) is 5.73. The molecular formula is C27H42O3. The minimum Gasteiger partial charge on any atom is -0.458 e. The molecule has 4 aliphatic carbocycles. The molecule has 3 fully saturated rings. The summed E-state index contributed by atoms with van der Waals surface area (Å²) in [7, 11) is 0. The van der Waals surface area contributed by atoms with Gasteiger partial charge in [0.1, 0.15) is 11.9 Å². The lowest BCUT2D eigenvalue weighted by Crippen LogP contribution is -2.51. The lowest BCUT2D eigenvalue weighted by atomic mass is 9.46. The third kappa shape index (κ3) is 3.39. The van der Waals surface area contributed by atoms with E-state index in [1.807, 2.05) is 13.8 Å². The quantitative estimate of drug-likeness (QED) is 0.397. The van der Waals surface area contributed by atoms with Crippen molar-refractivity contribution in [3.8, 4) is 0 Å². The molecule has 3 nitrogen and oxygen atoms in total. The SMILES string of the molecule is CC(=O)[C@@H]1CCC2C3CCC4=C[C@H](OC(=O)[C@@H](C)C(C)C)CC[C@@]4(C)C3CC[C@]21C. The molecule has 0 heterocycles. The molecule has 0 bridgehead atoms. The van der Waals surface area contributed by atoms with Gasteiger partial charge >= 0.3 is 5.97 Å². The Morgan fingerprint density at radius 1 is 1.00 bits per heavy atom. The van der Waals surface area contributed by atoms with Crippen LogP contribution in [0.2, 0.25) is 0 Å². The molecule has 0 amide bonds. The number of allylic oxidation sites excluding steroid dienone is 1. The molecule has 0 radical (unpaired) electrons. The minimum atomic E-state index is -0.0428. The van der Waals surface area contributed by atoms with Gasteiger partial charge in [-0.2, -0.15) is 0 Å². The van der Waals surface area contributed by atoms with Crippen LogP contribution in [-0.4, -0.2) is 17.9 Å². The van der Waals surface area contributed by atoms with Crippen LogP contribution in [0.5, 0.6) is 0 Å². The zero-order valence-corrected chi connectivity index (χ0v) is 20.0. The normalized spacial score (nSPS) is 43.8. The van der Waals surface area contributed by atoms with E-state index in [0.717, 1.165) is 37.5 Å². The highest BCUT2D eigenvalue weighted by molar-refractivity contribution is 5.79. The van der Waals surface area contributed by atoms with E-state index in [0.29, 0.717) is 17.6 Å². The topological polar surface area (TPSA) is 43.4 Å². The summed E-state index contributed by atoms with van der Waals surface area (Å²) in [6, 6.07) is 0. The van der Waals surface area contributed by atoms with Gasteiger partial charge in [-0.3, -0.25) is 9.59 Å². The van der Waals surface area contributed by atoms with Crippen LogP contribution in [0.4, 0.5) is 0 Å². The van der Waals surface area contributed by atoms with Gasteiger partial charge in [0.05, 0.1) is 5.92 Å². The Morgan fingerprint density at radius 2 is 1.73 bits per heavy atom. The van der Waals surface area contributed by atoms with E-state index in [4.69, 9.17) is 4.74 Å². The molecule has 0 spiro atoms. The van der Waals surface area contributed by atoms with Gasteiger partial charge in [-0.1, -0.05) is 40.2 Å². The number of carbonyl (C=O) groups excluding carboxylic acids is 2. The molecule has 8 atom stereocenters. The van der Waals surface area contributed by atoms with Crippen molar-refractivity contribution < 1.29 is 14.3 Å². The molecule has 0 aromatic heterocycles. The molecule has 0 aromatic rings. The van der Waals surface area contributed by atoms with E-state index >= 15 is 0 Å². The molecule has 30 heavy (non-hydrogen) atoms. The molecule has 0 saturated heterocycles. The highest BCUT2D eigenvalue weighted by Gasteiger charge is 2.59. The van der Waals surface area contributed by atoms with E-state index < -0.39 is 0 Å². The first-order chi connectivity index (χ1) is 14.1. The van der Waals surface area contributed by atoms with Crippen LogP contribution in [-0.2, 0) is 14.3 Å². The second-order valence-corrected chi connectivity index (χ2v) is 11.9. The fourth-order valence-electron chi connectivity index (χ4n) is 7.99. The lowest BCUT2D eigenvalue weighted by molar-refractivity contribution is -0.154. The largest absolute Gasteiger partial charge is 0.458 e. The number of hydrogen-bond donors (Lipinski definition) is 0. The fraction of sp³-hybridized carbons (Fsp3) is 0.852. The van der Waals surface area contributed by atoms with Gasteiger partial charge < -0.3 is 4.74 Å². The van der Waals surface area contributed by atoms with Crippen LogP contribution < -0.4 is 0 Å². The number of ketones is 1. The molecular weight excluding hydrogens is 372 g/mol. The highest BCUT2D eigenvalue weighted by Crippen LogP contribution is 2.66. The number of carbonyl (C=O) groups is 2. The standard InChI is InChI=1S/C27H42O3/c1-16(2)17(3)25(29)30-20-11-13-26(5)19(15-20)7-8-21-23-10-9-22(18(4)28)27(23,6)14-12-24(21)26/h15-17,20-24H,7-14H2,1-6H3/t17-,20+,21?,22-,23?,24?,26+,27-/m0/s1. The average molecular weight is 415 g/mol. The molecule has 168 valence electrons. The Labute approximate surface area is 183 Å². The van der Waals surface area contributed by atoms with E-state index in [2.05, 4.69) is 33.8 Å².